The van der Waals surface area contributed by atoms with E-state index in [9.17, 15) is 0 Å². The number of methoxy groups -OCH3 is 1. The number of halogens is 1. The van der Waals surface area contributed by atoms with Gasteiger partial charge >= 0.3 is 0 Å². The van der Waals surface area contributed by atoms with E-state index in [0.29, 0.717) is 17.4 Å². The molecule has 0 radical (unpaired) electrons. The van der Waals surface area contributed by atoms with E-state index in [0.717, 1.165) is 16.9 Å². The summed E-state index contributed by atoms with van der Waals surface area (Å²) in [6, 6.07) is 3.84. The van der Waals surface area contributed by atoms with Crippen molar-refractivity contribution < 1.29 is 9.84 Å². The summed E-state index contributed by atoms with van der Waals surface area (Å²) in [7, 11) is 1.64. The van der Waals surface area contributed by atoms with Crippen LogP contribution in [0.2, 0.25) is 5.02 Å². The second kappa shape index (κ2) is 5.38. The summed E-state index contributed by atoms with van der Waals surface area (Å²) >= 11 is 6.18. The van der Waals surface area contributed by atoms with Gasteiger partial charge in [0.2, 0.25) is 0 Å². The van der Waals surface area contributed by atoms with Gasteiger partial charge in [-0.3, -0.25) is 0 Å². The average Bonchev–Trinajstić information content (AvgIpc) is 2.16. The van der Waals surface area contributed by atoms with Crippen molar-refractivity contribution in [3.05, 3.63) is 28.3 Å². The molecule has 1 rings (SSSR count). The Morgan fingerprint density at radius 3 is 2.53 bits per heavy atom. The van der Waals surface area contributed by atoms with Gasteiger partial charge in [-0.1, -0.05) is 25.4 Å². The first-order chi connectivity index (χ1) is 7.10. The Balaban J connectivity index is 3.18. The summed E-state index contributed by atoms with van der Waals surface area (Å²) in [6.07, 6.45) is 0.606. The van der Waals surface area contributed by atoms with Crippen LogP contribution in [-0.2, 0) is 6.42 Å². The lowest BCUT2D eigenvalue weighted by Crippen LogP contribution is -1.99. The SMILES string of the molecule is COc1cc(CCO)cc(Cl)c1C(C)C. The molecule has 0 fully saturated rings. The summed E-state index contributed by atoms with van der Waals surface area (Å²) in [6.45, 7) is 4.28. The maximum absolute atomic E-state index is 8.87. The monoisotopic (exact) mass is 228 g/mol. The van der Waals surface area contributed by atoms with Crippen molar-refractivity contribution in [3.8, 4) is 5.75 Å². The van der Waals surface area contributed by atoms with E-state index in [1.54, 1.807) is 7.11 Å². The first-order valence-corrected chi connectivity index (χ1v) is 5.45. The lowest BCUT2D eigenvalue weighted by molar-refractivity contribution is 0.299. The molecule has 0 atom stereocenters. The Bertz CT molecular complexity index is 335. The molecule has 0 aliphatic heterocycles. The summed E-state index contributed by atoms with van der Waals surface area (Å²) in [5.41, 5.74) is 2.03. The van der Waals surface area contributed by atoms with E-state index in [4.69, 9.17) is 21.4 Å². The molecule has 0 bridgehead atoms. The third-order valence-electron chi connectivity index (χ3n) is 2.35. The van der Waals surface area contributed by atoms with Gasteiger partial charge in [-0.15, -0.1) is 0 Å². The quantitative estimate of drug-likeness (QED) is 0.859. The van der Waals surface area contributed by atoms with Gasteiger partial charge in [0.05, 0.1) is 7.11 Å². The Hall–Kier alpha value is -0.730. The summed E-state index contributed by atoms with van der Waals surface area (Å²) in [5.74, 6) is 1.14. The largest absolute Gasteiger partial charge is 0.496 e. The molecule has 1 aromatic carbocycles. The summed E-state index contributed by atoms with van der Waals surface area (Å²) in [5, 5.41) is 9.58. The van der Waals surface area contributed by atoms with Crippen LogP contribution in [0.15, 0.2) is 12.1 Å². The summed E-state index contributed by atoms with van der Waals surface area (Å²) < 4.78 is 5.31. The van der Waals surface area contributed by atoms with Crippen molar-refractivity contribution in [1.29, 1.82) is 0 Å². The third-order valence-corrected chi connectivity index (χ3v) is 2.66. The number of benzene rings is 1. The smallest absolute Gasteiger partial charge is 0.124 e. The lowest BCUT2D eigenvalue weighted by atomic mass is 9.99. The minimum Gasteiger partial charge on any atom is -0.496 e. The molecule has 0 saturated carbocycles. The molecule has 15 heavy (non-hydrogen) atoms. The van der Waals surface area contributed by atoms with Crippen LogP contribution < -0.4 is 4.74 Å². The van der Waals surface area contributed by atoms with Crippen molar-refractivity contribution in [2.24, 2.45) is 0 Å². The third kappa shape index (κ3) is 2.86. The highest BCUT2D eigenvalue weighted by atomic mass is 35.5. The molecule has 0 saturated heterocycles. The van der Waals surface area contributed by atoms with E-state index in [1.165, 1.54) is 0 Å². The van der Waals surface area contributed by atoms with E-state index in [2.05, 4.69) is 13.8 Å². The lowest BCUT2D eigenvalue weighted by Gasteiger charge is -2.15. The molecule has 0 heterocycles. The second-order valence-corrected chi connectivity index (χ2v) is 4.23. The molecule has 0 amide bonds. The minimum atomic E-state index is 0.126. The fourth-order valence-corrected chi connectivity index (χ4v) is 2.10. The molecular formula is C12H17ClO2. The van der Waals surface area contributed by atoms with Crippen LogP contribution in [0, 0.1) is 0 Å². The van der Waals surface area contributed by atoms with E-state index < -0.39 is 0 Å². The predicted octanol–water partition coefficient (Wildman–Crippen LogP) is 3.01. The van der Waals surface area contributed by atoms with Crippen LogP contribution in [0.25, 0.3) is 0 Å². The Kier molecular flexibility index (Phi) is 4.43. The van der Waals surface area contributed by atoms with Crippen molar-refractivity contribution in [2.45, 2.75) is 26.2 Å². The van der Waals surface area contributed by atoms with Crippen LogP contribution in [0.4, 0.5) is 0 Å². The molecule has 84 valence electrons. The fraction of sp³-hybridized carbons (Fsp3) is 0.500. The van der Waals surface area contributed by atoms with Crippen molar-refractivity contribution in [3.63, 3.8) is 0 Å². The highest BCUT2D eigenvalue weighted by molar-refractivity contribution is 6.31. The maximum Gasteiger partial charge on any atom is 0.124 e. The van der Waals surface area contributed by atoms with Crippen molar-refractivity contribution in [2.75, 3.05) is 13.7 Å². The zero-order chi connectivity index (χ0) is 11.4. The van der Waals surface area contributed by atoms with Crippen molar-refractivity contribution >= 4 is 11.6 Å². The number of ether oxygens (including phenoxy) is 1. The number of aliphatic hydroxyl groups is 1. The van der Waals surface area contributed by atoms with Crippen LogP contribution in [0.5, 0.6) is 5.75 Å². The van der Waals surface area contributed by atoms with Gasteiger partial charge in [0.1, 0.15) is 5.75 Å². The van der Waals surface area contributed by atoms with Crippen LogP contribution in [-0.4, -0.2) is 18.8 Å². The van der Waals surface area contributed by atoms with Crippen LogP contribution in [0.1, 0.15) is 30.9 Å². The molecule has 0 aliphatic carbocycles. The predicted molar refractivity (Wildman–Crippen MR) is 62.9 cm³/mol. The van der Waals surface area contributed by atoms with Crippen LogP contribution in [0.3, 0.4) is 0 Å². The molecule has 2 nitrogen and oxygen atoms in total. The van der Waals surface area contributed by atoms with Gasteiger partial charge < -0.3 is 9.84 Å². The molecular weight excluding hydrogens is 212 g/mol. The first-order valence-electron chi connectivity index (χ1n) is 5.07. The Morgan fingerprint density at radius 1 is 1.40 bits per heavy atom. The van der Waals surface area contributed by atoms with Gasteiger partial charge in [-0.25, -0.2) is 0 Å². The van der Waals surface area contributed by atoms with Gasteiger partial charge in [0.25, 0.3) is 0 Å². The van der Waals surface area contributed by atoms with Crippen LogP contribution >= 0.6 is 11.6 Å². The molecule has 0 aromatic heterocycles. The Labute approximate surface area is 95.8 Å². The normalized spacial score (nSPS) is 10.8. The number of rotatable bonds is 4. The van der Waals surface area contributed by atoms with Gasteiger partial charge in [0, 0.05) is 17.2 Å². The van der Waals surface area contributed by atoms with Crippen molar-refractivity contribution in [1.82, 2.24) is 0 Å². The molecule has 0 aliphatic rings. The number of hydrogen-bond donors (Lipinski definition) is 1. The minimum absolute atomic E-state index is 0.126. The second-order valence-electron chi connectivity index (χ2n) is 3.82. The molecule has 1 aromatic rings. The van der Waals surface area contributed by atoms with E-state index >= 15 is 0 Å². The molecule has 0 spiro atoms. The zero-order valence-electron chi connectivity index (χ0n) is 9.38. The highest BCUT2D eigenvalue weighted by Crippen LogP contribution is 2.34. The Morgan fingerprint density at radius 2 is 2.07 bits per heavy atom. The topological polar surface area (TPSA) is 29.5 Å². The number of hydrogen-bond acceptors (Lipinski definition) is 2. The van der Waals surface area contributed by atoms with Gasteiger partial charge in [-0.05, 0) is 30.0 Å². The standard InChI is InChI=1S/C12H17ClO2/c1-8(2)12-10(13)6-9(4-5-14)7-11(12)15-3/h6-8,14H,4-5H2,1-3H3. The fourth-order valence-electron chi connectivity index (χ4n) is 1.65. The van der Waals surface area contributed by atoms with Gasteiger partial charge in [-0.2, -0.15) is 0 Å². The zero-order valence-corrected chi connectivity index (χ0v) is 10.1. The highest BCUT2D eigenvalue weighted by Gasteiger charge is 2.13. The van der Waals surface area contributed by atoms with E-state index in [-0.39, 0.29) is 6.61 Å². The maximum atomic E-state index is 8.87. The molecule has 1 N–H and O–H groups in total. The number of aliphatic hydroxyl groups excluding tert-OH is 1. The average molecular weight is 229 g/mol. The van der Waals surface area contributed by atoms with Gasteiger partial charge in [0.15, 0.2) is 0 Å². The first kappa shape index (κ1) is 12.3. The van der Waals surface area contributed by atoms with E-state index in [1.807, 2.05) is 12.1 Å². The summed E-state index contributed by atoms with van der Waals surface area (Å²) in [4.78, 5) is 0. The molecule has 3 heteroatoms. The molecule has 0 unspecified atom stereocenters.